The van der Waals surface area contributed by atoms with Crippen molar-refractivity contribution in [2.24, 2.45) is 5.10 Å². The smallest absolute Gasteiger partial charge is 0.250 e. The van der Waals surface area contributed by atoms with Crippen LogP contribution in [0.15, 0.2) is 23.3 Å². The molecule has 1 aliphatic heterocycles. The fourth-order valence-corrected chi connectivity index (χ4v) is 2.48. The Kier molecular flexibility index (Phi) is 5.69. The Morgan fingerprint density at radius 1 is 1.27 bits per heavy atom. The van der Waals surface area contributed by atoms with Crippen LogP contribution in [0.4, 0.5) is 17.8 Å². The van der Waals surface area contributed by atoms with Gasteiger partial charge in [0, 0.05) is 37.8 Å². The lowest BCUT2D eigenvalue weighted by Gasteiger charge is -2.27. The van der Waals surface area contributed by atoms with Crippen LogP contribution in [0.3, 0.4) is 0 Å². The molecule has 1 saturated heterocycles. The molecule has 0 saturated carbocycles. The van der Waals surface area contributed by atoms with Crippen LogP contribution in [0.1, 0.15) is 5.56 Å². The minimum absolute atomic E-state index is 0.0820. The van der Waals surface area contributed by atoms with E-state index in [1.54, 1.807) is 17.0 Å². The third-order valence-electron chi connectivity index (χ3n) is 3.66. The number of rotatable bonds is 5. The van der Waals surface area contributed by atoms with Crippen LogP contribution in [-0.4, -0.2) is 66.7 Å². The fraction of sp³-hybridized carbons (Fsp3) is 0.375. The second-order valence-corrected chi connectivity index (χ2v) is 6.26. The molecular formula is C16H20ClN7O2. The fourth-order valence-electron chi connectivity index (χ4n) is 2.30. The number of phenolic OH excluding ortho intramolecular Hbond substituents is 1. The van der Waals surface area contributed by atoms with Crippen molar-refractivity contribution >= 4 is 35.7 Å². The van der Waals surface area contributed by atoms with Crippen molar-refractivity contribution in [3.63, 3.8) is 0 Å². The first-order valence-corrected chi connectivity index (χ1v) is 8.44. The maximum absolute atomic E-state index is 9.82. The van der Waals surface area contributed by atoms with Crippen LogP contribution in [0.2, 0.25) is 5.02 Å². The Bertz CT molecular complexity index is 794. The molecule has 26 heavy (non-hydrogen) atoms. The lowest BCUT2D eigenvalue weighted by atomic mass is 10.2. The van der Waals surface area contributed by atoms with Crippen LogP contribution in [0.5, 0.6) is 5.75 Å². The summed E-state index contributed by atoms with van der Waals surface area (Å²) in [7, 11) is 3.71. The van der Waals surface area contributed by atoms with Gasteiger partial charge in [-0.2, -0.15) is 20.1 Å². The summed E-state index contributed by atoms with van der Waals surface area (Å²) >= 11 is 5.93. The van der Waals surface area contributed by atoms with Gasteiger partial charge in [0.15, 0.2) is 0 Å². The van der Waals surface area contributed by atoms with E-state index in [9.17, 15) is 5.11 Å². The topological polar surface area (TPSA) is 99.0 Å². The van der Waals surface area contributed by atoms with Gasteiger partial charge in [0.1, 0.15) is 5.75 Å². The van der Waals surface area contributed by atoms with Crippen molar-refractivity contribution in [3.05, 3.63) is 28.8 Å². The number of halogens is 1. The van der Waals surface area contributed by atoms with Gasteiger partial charge in [-0.25, -0.2) is 5.43 Å². The summed E-state index contributed by atoms with van der Waals surface area (Å²) in [6, 6.07) is 4.72. The minimum Gasteiger partial charge on any atom is -0.507 e. The predicted molar refractivity (Wildman–Crippen MR) is 102 cm³/mol. The number of hydrazone groups is 1. The summed E-state index contributed by atoms with van der Waals surface area (Å²) in [4.78, 5) is 17.1. The molecule has 1 aromatic heterocycles. The minimum atomic E-state index is 0.0820. The standard InChI is InChI=1S/C16H20ClN7O2/c1-23(2)15-19-14(20-16(21-15)24-5-7-26-8-6-24)22-18-10-11-9-12(17)3-4-13(11)25/h3-4,9-10,25H,5-8H2,1-2H3,(H,19,20,21,22). The highest BCUT2D eigenvalue weighted by Gasteiger charge is 2.17. The summed E-state index contributed by atoms with van der Waals surface area (Å²) in [5.41, 5.74) is 3.27. The Balaban J connectivity index is 1.80. The number of nitrogens with zero attached hydrogens (tertiary/aromatic N) is 6. The number of hydrogen-bond acceptors (Lipinski definition) is 9. The van der Waals surface area contributed by atoms with E-state index in [0.29, 0.717) is 41.6 Å². The average Bonchev–Trinajstić information content (AvgIpc) is 2.65. The first-order valence-electron chi connectivity index (χ1n) is 8.06. The number of morpholine rings is 1. The Hall–Kier alpha value is -2.65. The molecule has 0 atom stereocenters. The van der Waals surface area contributed by atoms with E-state index in [-0.39, 0.29) is 5.75 Å². The SMILES string of the molecule is CN(C)c1nc(NN=Cc2cc(Cl)ccc2O)nc(N2CCOCC2)n1. The summed E-state index contributed by atoms with van der Waals surface area (Å²) in [5, 5.41) is 14.4. The number of ether oxygens (including phenoxy) is 1. The number of hydrogen-bond donors (Lipinski definition) is 2. The monoisotopic (exact) mass is 377 g/mol. The number of anilines is 3. The van der Waals surface area contributed by atoms with Gasteiger partial charge in [0.05, 0.1) is 19.4 Å². The summed E-state index contributed by atoms with van der Waals surface area (Å²) in [6.45, 7) is 2.71. The van der Waals surface area contributed by atoms with Crippen LogP contribution in [0.25, 0.3) is 0 Å². The molecule has 0 spiro atoms. The van der Waals surface area contributed by atoms with Gasteiger partial charge in [-0.1, -0.05) is 11.6 Å². The molecule has 0 radical (unpaired) electrons. The molecule has 0 aliphatic carbocycles. The third kappa shape index (κ3) is 4.50. The summed E-state index contributed by atoms with van der Waals surface area (Å²) in [6.07, 6.45) is 1.45. The molecule has 0 amide bonds. The zero-order chi connectivity index (χ0) is 18.5. The number of benzene rings is 1. The third-order valence-corrected chi connectivity index (χ3v) is 3.90. The van der Waals surface area contributed by atoms with Crippen molar-refractivity contribution < 1.29 is 9.84 Å². The quantitative estimate of drug-likeness (QED) is 0.598. The number of nitrogens with one attached hydrogen (secondary N) is 1. The van der Waals surface area contributed by atoms with E-state index in [1.807, 2.05) is 19.0 Å². The van der Waals surface area contributed by atoms with Crippen molar-refractivity contribution in [1.82, 2.24) is 15.0 Å². The largest absolute Gasteiger partial charge is 0.507 e. The Labute approximate surface area is 156 Å². The van der Waals surface area contributed by atoms with Crippen LogP contribution < -0.4 is 15.2 Å². The zero-order valence-electron chi connectivity index (χ0n) is 14.6. The van der Waals surface area contributed by atoms with E-state index < -0.39 is 0 Å². The van der Waals surface area contributed by atoms with Crippen LogP contribution in [0, 0.1) is 0 Å². The molecule has 3 rings (SSSR count). The van der Waals surface area contributed by atoms with Crippen molar-refractivity contribution in [1.29, 1.82) is 0 Å². The number of aromatic hydroxyl groups is 1. The first-order chi connectivity index (χ1) is 12.5. The van der Waals surface area contributed by atoms with Crippen molar-refractivity contribution in [2.75, 3.05) is 55.6 Å². The van der Waals surface area contributed by atoms with Gasteiger partial charge in [0.2, 0.25) is 17.8 Å². The van der Waals surface area contributed by atoms with Crippen molar-refractivity contribution in [2.45, 2.75) is 0 Å². The molecule has 10 heteroatoms. The number of phenols is 1. The van der Waals surface area contributed by atoms with Gasteiger partial charge in [0.25, 0.3) is 0 Å². The van der Waals surface area contributed by atoms with E-state index in [0.717, 1.165) is 13.1 Å². The zero-order valence-corrected chi connectivity index (χ0v) is 15.3. The van der Waals surface area contributed by atoms with Crippen LogP contribution >= 0.6 is 11.6 Å². The molecule has 1 aromatic carbocycles. The lowest BCUT2D eigenvalue weighted by molar-refractivity contribution is 0.122. The molecular weight excluding hydrogens is 358 g/mol. The maximum atomic E-state index is 9.82. The first kappa shape index (κ1) is 18.2. The van der Waals surface area contributed by atoms with E-state index in [1.165, 1.54) is 12.3 Å². The lowest BCUT2D eigenvalue weighted by Crippen LogP contribution is -2.37. The van der Waals surface area contributed by atoms with Gasteiger partial charge < -0.3 is 19.6 Å². The van der Waals surface area contributed by atoms with Gasteiger partial charge in [-0.3, -0.25) is 0 Å². The van der Waals surface area contributed by atoms with Gasteiger partial charge >= 0.3 is 0 Å². The molecule has 2 heterocycles. The van der Waals surface area contributed by atoms with Crippen molar-refractivity contribution in [3.8, 4) is 5.75 Å². The second kappa shape index (κ2) is 8.15. The summed E-state index contributed by atoms with van der Waals surface area (Å²) in [5.74, 6) is 1.47. The molecule has 2 aromatic rings. The molecule has 9 nitrogen and oxygen atoms in total. The highest BCUT2D eigenvalue weighted by Crippen LogP contribution is 2.20. The number of aromatic nitrogens is 3. The van der Waals surface area contributed by atoms with E-state index >= 15 is 0 Å². The summed E-state index contributed by atoms with van der Waals surface area (Å²) < 4.78 is 5.37. The van der Waals surface area contributed by atoms with Gasteiger partial charge in [-0.05, 0) is 18.2 Å². The average molecular weight is 378 g/mol. The maximum Gasteiger partial charge on any atom is 0.250 e. The van der Waals surface area contributed by atoms with Crippen LogP contribution in [-0.2, 0) is 4.74 Å². The van der Waals surface area contributed by atoms with Gasteiger partial charge in [-0.15, -0.1) is 0 Å². The molecule has 1 fully saturated rings. The highest BCUT2D eigenvalue weighted by atomic mass is 35.5. The molecule has 2 N–H and O–H groups in total. The Morgan fingerprint density at radius 3 is 2.77 bits per heavy atom. The Morgan fingerprint density at radius 2 is 2.04 bits per heavy atom. The normalized spacial score (nSPS) is 14.7. The molecule has 1 aliphatic rings. The molecule has 0 unspecified atom stereocenters. The molecule has 138 valence electrons. The second-order valence-electron chi connectivity index (χ2n) is 5.83. The predicted octanol–water partition coefficient (Wildman–Crippen LogP) is 1.58. The van der Waals surface area contributed by atoms with E-state index in [4.69, 9.17) is 16.3 Å². The molecule has 0 bridgehead atoms. The van der Waals surface area contributed by atoms with E-state index in [2.05, 4.69) is 25.5 Å². The highest BCUT2D eigenvalue weighted by molar-refractivity contribution is 6.30.